The third-order valence-corrected chi connectivity index (χ3v) is 9.10. The van der Waals surface area contributed by atoms with Crippen molar-refractivity contribution in [3.8, 4) is 0 Å². The Bertz CT molecular complexity index is 1800. The summed E-state index contributed by atoms with van der Waals surface area (Å²) in [5.74, 6) is -6.98. The van der Waals surface area contributed by atoms with Gasteiger partial charge in [0.05, 0.1) is 19.1 Å². The molecule has 1 saturated heterocycles. The van der Waals surface area contributed by atoms with Crippen LogP contribution in [0.3, 0.4) is 0 Å². The van der Waals surface area contributed by atoms with E-state index in [0.717, 1.165) is 10.5 Å². The van der Waals surface area contributed by atoms with Crippen molar-refractivity contribution in [3.63, 3.8) is 0 Å². The Morgan fingerprint density at radius 1 is 0.636 bits per heavy atom. The highest BCUT2D eigenvalue weighted by Gasteiger charge is 2.40. The summed E-state index contributed by atoms with van der Waals surface area (Å²) in [6, 6.07) is 17.9. The topological polar surface area (TPSA) is 258 Å². The predicted molar refractivity (Wildman–Crippen MR) is 198 cm³/mol. The van der Waals surface area contributed by atoms with E-state index in [2.05, 4.69) is 21.3 Å². The molecule has 0 saturated carbocycles. The minimum Gasteiger partial charge on any atom is -0.481 e. The van der Waals surface area contributed by atoms with E-state index < -0.39 is 90.8 Å². The number of rotatable bonds is 19. The number of carboxylic acid groups (broad SMARTS) is 2. The maximum absolute atomic E-state index is 13.9. The molecule has 9 N–H and O–H groups in total. The molecule has 0 aromatic heterocycles. The molecular formula is C39H46N6O10. The van der Waals surface area contributed by atoms with Crippen molar-refractivity contribution >= 4 is 41.5 Å². The van der Waals surface area contributed by atoms with Crippen molar-refractivity contribution in [3.05, 3.63) is 108 Å². The highest BCUT2D eigenvalue weighted by atomic mass is 16.4. The molecule has 1 aliphatic heterocycles. The molecular weight excluding hydrogens is 712 g/mol. The average molecular weight is 759 g/mol. The van der Waals surface area contributed by atoms with E-state index in [1.165, 1.54) is 0 Å². The van der Waals surface area contributed by atoms with Gasteiger partial charge in [0.2, 0.25) is 29.5 Å². The maximum atomic E-state index is 13.9. The monoisotopic (exact) mass is 758 g/mol. The fraction of sp³-hybridized carbons (Fsp3) is 0.359. The minimum atomic E-state index is -1.68. The first-order chi connectivity index (χ1) is 26.4. The first kappa shape index (κ1) is 41.6. The number of benzene rings is 3. The second kappa shape index (κ2) is 20.4. The van der Waals surface area contributed by atoms with Crippen LogP contribution in [0.5, 0.6) is 0 Å². The van der Waals surface area contributed by atoms with Gasteiger partial charge in [-0.3, -0.25) is 28.8 Å². The number of amides is 5. The van der Waals surface area contributed by atoms with Gasteiger partial charge < -0.3 is 47.2 Å². The number of likely N-dealkylation sites (tertiary alicyclic amines) is 1. The third kappa shape index (κ3) is 12.5. The zero-order valence-corrected chi connectivity index (χ0v) is 30.0. The van der Waals surface area contributed by atoms with E-state index in [1.807, 2.05) is 0 Å². The highest BCUT2D eigenvalue weighted by Crippen LogP contribution is 2.20. The lowest BCUT2D eigenvalue weighted by Gasteiger charge is -2.30. The van der Waals surface area contributed by atoms with Crippen LogP contribution >= 0.6 is 0 Å². The third-order valence-electron chi connectivity index (χ3n) is 9.10. The molecule has 0 bridgehead atoms. The van der Waals surface area contributed by atoms with E-state index in [-0.39, 0.29) is 32.2 Å². The first-order valence-electron chi connectivity index (χ1n) is 17.8. The molecule has 1 aliphatic rings. The van der Waals surface area contributed by atoms with E-state index in [1.54, 1.807) is 91.0 Å². The SMILES string of the molecule is N[C@@H](Cc1ccccc1)C(=O)N[C@@H](CO)C(=O)N[C@@H](Cc1ccccc1)C(=O)N[C@@H](CC(=O)O)C(=O)N1CCC[C@H]1C(=O)N[C@@H](Cc1ccccc1)C(=O)O. The fourth-order valence-corrected chi connectivity index (χ4v) is 6.23. The van der Waals surface area contributed by atoms with E-state index in [0.29, 0.717) is 17.5 Å². The molecule has 292 valence electrons. The molecule has 3 aromatic carbocycles. The summed E-state index contributed by atoms with van der Waals surface area (Å²) in [5.41, 5.74) is 8.07. The smallest absolute Gasteiger partial charge is 0.326 e. The number of nitrogens with one attached hydrogen (secondary N) is 4. The number of aliphatic carboxylic acids is 2. The van der Waals surface area contributed by atoms with Crippen LogP contribution in [0.15, 0.2) is 91.0 Å². The second-order valence-electron chi connectivity index (χ2n) is 13.2. The molecule has 16 heteroatoms. The summed E-state index contributed by atoms with van der Waals surface area (Å²) >= 11 is 0. The molecule has 4 rings (SSSR count). The zero-order chi connectivity index (χ0) is 39.9. The summed E-state index contributed by atoms with van der Waals surface area (Å²) < 4.78 is 0. The Kier molecular flexibility index (Phi) is 15.4. The van der Waals surface area contributed by atoms with Gasteiger partial charge in [-0.05, 0) is 36.0 Å². The highest BCUT2D eigenvalue weighted by molar-refractivity contribution is 5.98. The molecule has 0 spiro atoms. The largest absolute Gasteiger partial charge is 0.481 e. The van der Waals surface area contributed by atoms with Crippen molar-refractivity contribution in [2.24, 2.45) is 5.73 Å². The van der Waals surface area contributed by atoms with Crippen LogP contribution in [0, 0.1) is 0 Å². The maximum Gasteiger partial charge on any atom is 0.326 e. The van der Waals surface area contributed by atoms with Crippen molar-refractivity contribution in [1.82, 2.24) is 26.2 Å². The van der Waals surface area contributed by atoms with Gasteiger partial charge in [-0.2, -0.15) is 0 Å². The molecule has 0 aliphatic carbocycles. The van der Waals surface area contributed by atoms with Crippen LogP contribution in [0.1, 0.15) is 36.0 Å². The number of carboxylic acids is 2. The lowest BCUT2D eigenvalue weighted by Crippen LogP contribution is -2.60. The number of nitrogens with two attached hydrogens (primary N) is 1. The van der Waals surface area contributed by atoms with E-state index in [9.17, 15) is 48.9 Å². The quantitative estimate of drug-likeness (QED) is 0.0775. The van der Waals surface area contributed by atoms with E-state index >= 15 is 0 Å². The van der Waals surface area contributed by atoms with Gasteiger partial charge in [-0.1, -0.05) is 91.0 Å². The molecule has 6 atom stereocenters. The molecule has 55 heavy (non-hydrogen) atoms. The van der Waals surface area contributed by atoms with Crippen LogP contribution in [-0.4, -0.2) is 111 Å². The molecule has 1 heterocycles. The molecule has 16 nitrogen and oxygen atoms in total. The van der Waals surface area contributed by atoms with Gasteiger partial charge >= 0.3 is 11.9 Å². The molecule has 0 unspecified atom stereocenters. The van der Waals surface area contributed by atoms with Gasteiger partial charge in [0.1, 0.15) is 30.2 Å². The normalized spacial score (nSPS) is 16.4. The summed E-state index contributed by atoms with van der Waals surface area (Å²) in [4.78, 5) is 92.5. The number of hydrogen-bond donors (Lipinski definition) is 8. The lowest BCUT2D eigenvalue weighted by atomic mass is 10.0. The molecule has 1 fully saturated rings. The number of hydrogen-bond acceptors (Lipinski definition) is 9. The minimum absolute atomic E-state index is 0.0177. The molecule has 3 aromatic rings. The molecule has 5 amide bonds. The standard InChI is InChI=1S/C39H46N6O10/c40-27(19-24-11-4-1-5-12-24)34(49)44-31(23-46)36(51)41-28(20-25-13-6-2-7-14-25)35(50)42-29(22-33(47)48)38(53)45-18-10-17-32(45)37(52)43-30(39(54)55)21-26-15-8-3-9-16-26/h1-9,11-16,27-32,46H,10,17-23,40H2,(H,41,51)(H,42,50)(H,43,52)(H,44,49)(H,47,48)(H,54,55)/t27-,28-,29-,30-,31-,32-/m0/s1. The average Bonchev–Trinajstić information content (AvgIpc) is 3.67. The van der Waals surface area contributed by atoms with Gasteiger partial charge in [0.25, 0.3) is 0 Å². The summed E-state index contributed by atoms with van der Waals surface area (Å²) in [6.45, 7) is -0.810. The number of nitrogens with zero attached hydrogens (tertiary/aromatic N) is 1. The Hall–Kier alpha value is -6.13. The van der Waals surface area contributed by atoms with Crippen molar-refractivity contribution in [2.75, 3.05) is 13.2 Å². The Labute approximate surface area is 317 Å². The van der Waals surface area contributed by atoms with Crippen LogP contribution in [-0.2, 0) is 52.8 Å². The number of carbonyl (C=O) groups excluding carboxylic acids is 5. The number of carbonyl (C=O) groups is 7. The summed E-state index contributed by atoms with van der Waals surface area (Å²) in [5, 5.41) is 39.3. The Morgan fingerprint density at radius 2 is 1.11 bits per heavy atom. The molecule has 0 radical (unpaired) electrons. The van der Waals surface area contributed by atoms with Gasteiger partial charge in [0, 0.05) is 19.4 Å². The van der Waals surface area contributed by atoms with Crippen LogP contribution in [0.25, 0.3) is 0 Å². The number of aliphatic hydroxyl groups is 1. The van der Waals surface area contributed by atoms with Crippen LogP contribution < -0.4 is 27.0 Å². The number of aliphatic hydroxyl groups excluding tert-OH is 1. The van der Waals surface area contributed by atoms with Gasteiger partial charge in [-0.15, -0.1) is 0 Å². The summed E-state index contributed by atoms with van der Waals surface area (Å²) in [7, 11) is 0. The van der Waals surface area contributed by atoms with Crippen molar-refractivity contribution < 1.29 is 48.9 Å². The van der Waals surface area contributed by atoms with E-state index in [4.69, 9.17) is 5.73 Å². The first-order valence-corrected chi connectivity index (χ1v) is 17.8. The summed E-state index contributed by atoms with van der Waals surface area (Å²) in [6.07, 6.45) is -0.350. The van der Waals surface area contributed by atoms with Gasteiger partial charge in [-0.25, -0.2) is 4.79 Å². The van der Waals surface area contributed by atoms with Crippen LogP contribution in [0.2, 0.25) is 0 Å². The predicted octanol–water partition coefficient (Wildman–Crippen LogP) is -0.476. The second-order valence-corrected chi connectivity index (χ2v) is 13.2. The fourth-order valence-electron chi connectivity index (χ4n) is 6.23. The zero-order valence-electron chi connectivity index (χ0n) is 30.0. The van der Waals surface area contributed by atoms with Crippen molar-refractivity contribution in [1.29, 1.82) is 0 Å². The van der Waals surface area contributed by atoms with Crippen LogP contribution in [0.4, 0.5) is 0 Å². The lowest BCUT2D eigenvalue weighted by molar-refractivity contribution is -0.147. The Morgan fingerprint density at radius 3 is 1.62 bits per heavy atom. The van der Waals surface area contributed by atoms with Crippen molar-refractivity contribution in [2.45, 2.75) is 74.8 Å². The van der Waals surface area contributed by atoms with Gasteiger partial charge in [0.15, 0.2) is 0 Å². The Balaban J connectivity index is 1.48.